The number of anilines is 2. The number of rotatable bonds is 2. The van der Waals surface area contributed by atoms with E-state index in [0.717, 1.165) is 17.7 Å². The van der Waals surface area contributed by atoms with Crippen LogP contribution < -0.4 is 10.6 Å². The zero-order valence-corrected chi connectivity index (χ0v) is 12.3. The molecular weight excluding hydrogens is 316 g/mol. The summed E-state index contributed by atoms with van der Waals surface area (Å²) in [6.45, 7) is 1.76. The molecule has 0 aliphatic heterocycles. The molecule has 0 bridgehead atoms. The summed E-state index contributed by atoms with van der Waals surface area (Å²) in [5.74, 6) is -0.462. The van der Waals surface area contributed by atoms with E-state index in [1.807, 2.05) is 0 Å². The first kappa shape index (κ1) is 16.2. The number of hydrogen-bond acceptors (Lipinski definition) is 1. The highest BCUT2D eigenvalue weighted by molar-refractivity contribution is 7.80. The topological polar surface area (TPSA) is 24.1 Å². The van der Waals surface area contributed by atoms with E-state index in [2.05, 4.69) is 10.6 Å². The Morgan fingerprint density at radius 1 is 1.00 bits per heavy atom. The van der Waals surface area contributed by atoms with Crippen LogP contribution in [0.15, 0.2) is 42.5 Å². The highest BCUT2D eigenvalue weighted by atomic mass is 32.1. The Balaban J connectivity index is 2.03. The maximum absolute atomic E-state index is 13.7. The molecule has 0 saturated heterocycles. The fourth-order valence-corrected chi connectivity index (χ4v) is 1.98. The van der Waals surface area contributed by atoms with Crippen molar-refractivity contribution < 1.29 is 17.6 Å². The molecule has 0 atom stereocenters. The van der Waals surface area contributed by atoms with Crippen molar-refractivity contribution in [1.29, 1.82) is 0 Å². The molecule has 0 heterocycles. The van der Waals surface area contributed by atoms with Crippen LogP contribution in [-0.4, -0.2) is 5.11 Å². The summed E-state index contributed by atoms with van der Waals surface area (Å²) in [4.78, 5) is 0. The van der Waals surface area contributed by atoms with Crippen LogP contribution in [0.3, 0.4) is 0 Å². The average molecular weight is 328 g/mol. The molecule has 2 nitrogen and oxygen atoms in total. The zero-order chi connectivity index (χ0) is 16.3. The first-order chi connectivity index (χ1) is 10.3. The Morgan fingerprint density at radius 3 is 2.18 bits per heavy atom. The van der Waals surface area contributed by atoms with Gasteiger partial charge in [0.1, 0.15) is 5.82 Å². The molecule has 2 aromatic rings. The van der Waals surface area contributed by atoms with Gasteiger partial charge in [0.2, 0.25) is 0 Å². The number of thiocarbonyl (C=S) groups is 1. The van der Waals surface area contributed by atoms with Gasteiger partial charge in [0.25, 0.3) is 0 Å². The molecule has 2 rings (SSSR count). The normalized spacial score (nSPS) is 11.1. The minimum atomic E-state index is -4.39. The van der Waals surface area contributed by atoms with Crippen molar-refractivity contribution in [2.24, 2.45) is 0 Å². The molecule has 2 aromatic carbocycles. The molecule has 2 N–H and O–H groups in total. The van der Waals surface area contributed by atoms with Gasteiger partial charge in [-0.2, -0.15) is 13.2 Å². The third-order valence-corrected chi connectivity index (χ3v) is 3.05. The van der Waals surface area contributed by atoms with Crippen LogP contribution >= 0.6 is 12.2 Å². The summed E-state index contributed by atoms with van der Waals surface area (Å²) in [5.41, 5.74) is 0.583. The van der Waals surface area contributed by atoms with Gasteiger partial charge in [-0.3, -0.25) is 0 Å². The number of benzene rings is 2. The summed E-state index contributed by atoms with van der Waals surface area (Å²) in [7, 11) is 0. The minimum Gasteiger partial charge on any atom is -0.332 e. The maximum Gasteiger partial charge on any atom is 0.416 e. The first-order valence-corrected chi connectivity index (χ1v) is 6.68. The molecule has 116 valence electrons. The van der Waals surface area contributed by atoms with E-state index >= 15 is 0 Å². The fourth-order valence-electron chi connectivity index (χ4n) is 1.75. The Kier molecular flexibility index (Phi) is 4.65. The van der Waals surface area contributed by atoms with Crippen molar-refractivity contribution in [1.82, 2.24) is 0 Å². The molecule has 0 spiro atoms. The second-order valence-corrected chi connectivity index (χ2v) is 5.05. The van der Waals surface area contributed by atoms with Crippen molar-refractivity contribution in [2.45, 2.75) is 13.1 Å². The molecule has 0 radical (unpaired) electrons. The SMILES string of the molecule is Cc1ccc(NC(=S)Nc2ccc(C(F)(F)F)cc2)c(F)c1. The first-order valence-electron chi connectivity index (χ1n) is 6.27. The number of halogens is 4. The Hall–Kier alpha value is -2.15. The number of aryl methyl sites for hydroxylation is 1. The van der Waals surface area contributed by atoms with Crippen LogP contribution in [0.5, 0.6) is 0 Å². The van der Waals surface area contributed by atoms with E-state index < -0.39 is 17.6 Å². The van der Waals surface area contributed by atoms with E-state index in [1.54, 1.807) is 13.0 Å². The standard InChI is InChI=1S/C15H12F4N2S/c1-9-2-7-13(12(16)8-9)21-14(22)20-11-5-3-10(4-6-11)15(17,18)19/h2-8H,1H3,(H2,20,21,22). The predicted octanol–water partition coefficient (Wildman–Crippen LogP) is 4.96. The average Bonchev–Trinajstić information content (AvgIpc) is 2.41. The van der Waals surface area contributed by atoms with Crippen LogP contribution in [0.1, 0.15) is 11.1 Å². The smallest absolute Gasteiger partial charge is 0.332 e. The van der Waals surface area contributed by atoms with Gasteiger partial charge >= 0.3 is 6.18 Å². The second kappa shape index (κ2) is 6.31. The lowest BCUT2D eigenvalue weighted by Gasteiger charge is -2.12. The van der Waals surface area contributed by atoms with Crippen molar-refractivity contribution in [2.75, 3.05) is 10.6 Å². The molecule has 0 saturated carbocycles. The van der Waals surface area contributed by atoms with Gasteiger partial charge in [0, 0.05) is 5.69 Å². The van der Waals surface area contributed by atoms with Crippen LogP contribution in [0, 0.1) is 12.7 Å². The predicted molar refractivity (Wildman–Crippen MR) is 82.4 cm³/mol. The largest absolute Gasteiger partial charge is 0.416 e. The molecular formula is C15H12F4N2S. The highest BCUT2D eigenvalue weighted by Gasteiger charge is 2.29. The zero-order valence-electron chi connectivity index (χ0n) is 11.5. The third-order valence-electron chi connectivity index (χ3n) is 2.84. The maximum atomic E-state index is 13.7. The molecule has 0 fully saturated rings. The second-order valence-electron chi connectivity index (χ2n) is 4.64. The van der Waals surface area contributed by atoms with E-state index in [0.29, 0.717) is 5.69 Å². The molecule has 7 heteroatoms. The van der Waals surface area contributed by atoms with Crippen LogP contribution in [0.25, 0.3) is 0 Å². The Morgan fingerprint density at radius 2 is 1.64 bits per heavy atom. The lowest BCUT2D eigenvalue weighted by Crippen LogP contribution is -2.20. The van der Waals surface area contributed by atoms with Gasteiger partial charge in [-0.25, -0.2) is 4.39 Å². The third kappa shape index (κ3) is 4.17. The quantitative estimate of drug-likeness (QED) is 0.602. The Bertz CT molecular complexity index is 681. The molecule has 0 aliphatic rings. The van der Waals surface area contributed by atoms with Gasteiger partial charge in [-0.1, -0.05) is 6.07 Å². The lowest BCUT2D eigenvalue weighted by molar-refractivity contribution is -0.137. The van der Waals surface area contributed by atoms with Crippen LogP contribution in [-0.2, 0) is 6.18 Å². The fraction of sp³-hybridized carbons (Fsp3) is 0.133. The van der Waals surface area contributed by atoms with Gasteiger partial charge in [-0.15, -0.1) is 0 Å². The number of alkyl halides is 3. The number of hydrogen-bond donors (Lipinski definition) is 2. The van der Waals surface area contributed by atoms with Crippen LogP contribution in [0.2, 0.25) is 0 Å². The summed E-state index contributed by atoms with van der Waals surface area (Å²) < 4.78 is 51.0. The highest BCUT2D eigenvalue weighted by Crippen LogP contribution is 2.29. The summed E-state index contributed by atoms with van der Waals surface area (Å²) >= 11 is 5.01. The summed E-state index contributed by atoms with van der Waals surface area (Å²) in [6.07, 6.45) is -4.39. The van der Waals surface area contributed by atoms with Crippen LogP contribution in [0.4, 0.5) is 28.9 Å². The summed E-state index contributed by atoms with van der Waals surface area (Å²) in [5, 5.41) is 5.44. The van der Waals surface area contributed by atoms with Gasteiger partial charge < -0.3 is 10.6 Å². The van der Waals surface area contributed by atoms with E-state index in [4.69, 9.17) is 12.2 Å². The van der Waals surface area contributed by atoms with E-state index in [-0.39, 0.29) is 10.8 Å². The van der Waals surface area contributed by atoms with Gasteiger partial charge in [0.05, 0.1) is 11.3 Å². The molecule has 22 heavy (non-hydrogen) atoms. The molecule has 0 aliphatic carbocycles. The van der Waals surface area contributed by atoms with Gasteiger partial charge in [0.15, 0.2) is 5.11 Å². The minimum absolute atomic E-state index is 0.0857. The van der Waals surface area contributed by atoms with E-state index in [9.17, 15) is 17.6 Å². The molecule has 0 unspecified atom stereocenters. The van der Waals surface area contributed by atoms with Crippen molar-refractivity contribution >= 4 is 28.7 Å². The lowest BCUT2D eigenvalue weighted by atomic mass is 10.2. The molecule has 0 aromatic heterocycles. The van der Waals surface area contributed by atoms with Crippen molar-refractivity contribution in [3.8, 4) is 0 Å². The van der Waals surface area contributed by atoms with Gasteiger partial charge in [-0.05, 0) is 61.1 Å². The van der Waals surface area contributed by atoms with Crippen molar-refractivity contribution in [3.63, 3.8) is 0 Å². The monoisotopic (exact) mass is 328 g/mol. The molecule has 0 amide bonds. The Labute approximate surface area is 130 Å². The van der Waals surface area contributed by atoms with E-state index in [1.165, 1.54) is 24.3 Å². The summed E-state index contributed by atoms with van der Waals surface area (Å²) in [6, 6.07) is 8.99. The van der Waals surface area contributed by atoms with Crippen molar-refractivity contribution in [3.05, 3.63) is 59.4 Å². The number of nitrogens with one attached hydrogen (secondary N) is 2.